The van der Waals surface area contributed by atoms with Crippen LogP contribution in [0.3, 0.4) is 0 Å². The van der Waals surface area contributed by atoms with Crippen LogP contribution >= 0.6 is 0 Å². The molecule has 1 aliphatic carbocycles. The van der Waals surface area contributed by atoms with E-state index in [1.54, 1.807) is 0 Å². The second kappa shape index (κ2) is 4.87. The Morgan fingerprint density at radius 2 is 1.63 bits per heavy atom. The number of para-hydroxylation sites is 1. The molecular formula is C16H22N2O. The second-order valence-electron chi connectivity index (χ2n) is 5.96. The van der Waals surface area contributed by atoms with Crippen LogP contribution in [0.2, 0.25) is 0 Å². The van der Waals surface area contributed by atoms with Crippen LogP contribution in [0.5, 0.6) is 0 Å². The fraction of sp³-hybridized carbons (Fsp3) is 0.562. The first kappa shape index (κ1) is 12.5. The molecular weight excluding hydrogens is 236 g/mol. The molecule has 1 amide bonds. The summed E-state index contributed by atoms with van der Waals surface area (Å²) in [5, 5.41) is 0. The van der Waals surface area contributed by atoms with Gasteiger partial charge in [-0.25, -0.2) is 0 Å². The predicted molar refractivity (Wildman–Crippen MR) is 77.1 cm³/mol. The summed E-state index contributed by atoms with van der Waals surface area (Å²) in [6.45, 7) is 6.15. The van der Waals surface area contributed by atoms with Crippen molar-refractivity contribution < 1.29 is 4.79 Å². The van der Waals surface area contributed by atoms with Gasteiger partial charge < -0.3 is 9.80 Å². The summed E-state index contributed by atoms with van der Waals surface area (Å²) in [5.74, 6) is 0.717. The molecule has 2 fully saturated rings. The minimum absolute atomic E-state index is 0.336. The van der Waals surface area contributed by atoms with Crippen LogP contribution in [0.25, 0.3) is 0 Å². The molecule has 1 saturated carbocycles. The maximum Gasteiger partial charge on any atom is 0.225 e. The van der Waals surface area contributed by atoms with E-state index in [0.717, 1.165) is 25.9 Å². The number of amides is 1. The molecule has 1 heterocycles. The van der Waals surface area contributed by atoms with Gasteiger partial charge in [0.25, 0.3) is 0 Å². The largest absolute Gasteiger partial charge is 0.363 e. The molecule has 2 atom stereocenters. The number of piperazine rings is 1. The number of anilines is 1. The molecule has 102 valence electrons. The smallest absolute Gasteiger partial charge is 0.225 e. The van der Waals surface area contributed by atoms with Crippen molar-refractivity contribution in [1.82, 2.24) is 4.90 Å². The van der Waals surface area contributed by atoms with Gasteiger partial charge in [-0.1, -0.05) is 18.2 Å². The van der Waals surface area contributed by atoms with Crippen LogP contribution in [0.15, 0.2) is 30.3 Å². The summed E-state index contributed by atoms with van der Waals surface area (Å²) < 4.78 is 0. The van der Waals surface area contributed by atoms with Crippen LogP contribution < -0.4 is 4.90 Å². The summed E-state index contributed by atoms with van der Waals surface area (Å²) in [7, 11) is 0. The first-order valence-corrected chi connectivity index (χ1v) is 7.29. The molecule has 19 heavy (non-hydrogen) atoms. The molecule has 0 bridgehead atoms. The minimum atomic E-state index is 0.336. The summed E-state index contributed by atoms with van der Waals surface area (Å²) in [6.07, 6.45) is 2.20. The molecule has 0 radical (unpaired) electrons. The molecule has 3 nitrogen and oxygen atoms in total. The Bertz CT molecular complexity index is 443. The molecule has 1 aliphatic heterocycles. The molecule has 0 N–H and O–H groups in total. The van der Waals surface area contributed by atoms with Gasteiger partial charge in [-0.2, -0.15) is 0 Å². The van der Waals surface area contributed by atoms with Gasteiger partial charge >= 0.3 is 0 Å². The molecule has 3 heteroatoms. The standard InChI is InChI=1S/C16H22N2O/c1-12-10-17(16(19)14-8-9-14)11-13(2)18(12)15-6-4-3-5-7-15/h3-7,12-14H,8-11H2,1-2H3. The Labute approximate surface area is 115 Å². The van der Waals surface area contributed by atoms with Gasteiger partial charge in [0.1, 0.15) is 0 Å². The quantitative estimate of drug-likeness (QED) is 0.814. The first-order valence-electron chi connectivity index (χ1n) is 7.29. The van der Waals surface area contributed by atoms with Crippen molar-refractivity contribution in [3.63, 3.8) is 0 Å². The van der Waals surface area contributed by atoms with Crippen molar-refractivity contribution in [2.75, 3.05) is 18.0 Å². The fourth-order valence-electron chi connectivity index (χ4n) is 3.20. The van der Waals surface area contributed by atoms with Gasteiger partial charge in [-0.3, -0.25) is 4.79 Å². The lowest BCUT2D eigenvalue weighted by Crippen LogP contribution is -2.58. The summed E-state index contributed by atoms with van der Waals surface area (Å²) >= 11 is 0. The van der Waals surface area contributed by atoms with E-state index >= 15 is 0 Å². The van der Waals surface area contributed by atoms with Crippen molar-refractivity contribution in [3.05, 3.63) is 30.3 Å². The van der Waals surface area contributed by atoms with Crippen LogP contribution in [0, 0.1) is 5.92 Å². The Balaban J connectivity index is 1.74. The van der Waals surface area contributed by atoms with Gasteiger partial charge in [0.05, 0.1) is 0 Å². The van der Waals surface area contributed by atoms with Crippen molar-refractivity contribution in [2.45, 2.75) is 38.8 Å². The van der Waals surface area contributed by atoms with Gasteiger partial charge in [0, 0.05) is 36.8 Å². The second-order valence-corrected chi connectivity index (χ2v) is 5.96. The molecule has 3 rings (SSSR count). The molecule has 1 aromatic carbocycles. The third-order valence-electron chi connectivity index (χ3n) is 4.21. The van der Waals surface area contributed by atoms with E-state index in [2.05, 4.69) is 47.9 Å². The molecule has 0 spiro atoms. The Morgan fingerprint density at radius 1 is 1.05 bits per heavy atom. The maximum atomic E-state index is 12.2. The van der Waals surface area contributed by atoms with Gasteiger partial charge in [0.2, 0.25) is 5.91 Å². The topological polar surface area (TPSA) is 23.6 Å². The highest BCUT2D eigenvalue weighted by Crippen LogP contribution is 2.33. The van der Waals surface area contributed by atoms with Crippen LogP contribution in [-0.2, 0) is 4.79 Å². The van der Waals surface area contributed by atoms with E-state index in [4.69, 9.17) is 0 Å². The molecule has 0 aromatic heterocycles. The Kier molecular flexibility index (Phi) is 3.21. The fourth-order valence-corrected chi connectivity index (χ4v) is 3.20. The van der Waals surface area contributed by atoms with Crippen LogP contribution in [-0.4, -0.2) is 36.0 Å². The molecule has 1 saturated heterocycles. The van der Waals surface area contributed by atoms with E-state index < -0.39 is 0 Å². The lowest BCUT2D eigenvalue weighted by atomic mass is 10.1. The van der Waals surface area contributed by atoms with Gasteiger partial charge in [0.15, 0.2) is 0 Å². The number of carbonyl (C=O) groups is 1. The van der Waals surface area contributed by atoms with Gasteiger partial charge in [-0.15, -0.1) is 0 Å². The summed E-state index contributed by atoms with van der Waals surface area (Å²) in [6, 6.07) is 11.3. The van der Waals surface area contributed by atoms with E-state index in [0.29, 0.717) is 23.9 Å². The zero-order valence-corrected chi connectivity index (χ0v) is 11.7. The first-order chi connectivity index (χ1) is 9.16. The number of rotatable bonds is 2. The van der Waals surface area contributed by atoms with Crippen molar-refractivity contribution >= 4 is 11.6 Å². The summed E-state index contributed by atoms with van der Waals surface area (Å²) in [5.41, 5.74) is 1.26. The third-order valence-corrected chi connectivity index (χ3v) is 4.21. The predicted octanol–water partition coefficient (Wildman–Crippen LogP) is 2.52. The highest BCUT2D eigenvalue weighted by atomic mass is 16.2. The van der Waals surface area contributed by atoms with Gasteiger partial charge in [-0.05, 0) is 38.8 Å². The minimum Gasteiger partial charge on any atom is -0.363 e. The van der Waals surface area contributed by atoms with E-state index in [9.17, 15) is 4.79 Å². The van der Waals surface area contributed by atoms with Crippen molar-refractivity contribution in [1.29, 1.82) is 0 Å². The monoisotopic (exact) mass is 258 g/mol. The number of nitrogens with zero attached hydrogens (tertiary/aromatic N) is 2. The normalized spacial score (nSPS) is 27.5. The van der Waals surface area contributed by atoms with E-state index in [-0.39, 0.29) is 0 Å². The van der Waals surface area contributed by atoms with Crippen LogP contribution in [0.1, 0.15) is 26.7 Å². The Morgan fingerprint density at radius 3 is 2.16 bits per heavy atom. The maximum absolute atomic E-state index is 12.2. The van der Waals surface area contributed by atoms with Crippen molar-refractivity contribution in [2.24, 2.45) is 5.92 Å². The molecule has 2 unspecified atom stereocenters. The zero-order valence-electron chi connectivity index (χ0n) is 11.7. The number of hydrogen-bond acceptors (Lipinski definition) is 2. The van der Waals surface area contributed by atoms with Crippen molar-refractivity contribution in [3.8, 4) is 0 Å². The van der Waals surface area contributed by atoms with E-state index in [1.807, 2.05) is 6.07 Å². The highest BCUT2D eigenvalue weighted by molar-refractivity contribution is 5.81. The lowest BCUT2D eigenvalue weighted by molar-refractivity contribution is -0.133. The van der Waals surface area contributed by atoms with Crippen LogP contribution in [0.4, 0.5) is 5.69 Å². The average Bonchev–Trinajstić information content (AvgIpc) is 3.22. The third kappa shape index (κ3) is 2.46. The van der Waals surface area contributed by atoms with E-state index in [1.165, 1.54) is 5.69 Å². The molecule has 1 aromatic rings. The zero-order chi connectivity index (χ0) is 13.4. The highest BCUT2D eigenvalue weighted by Gasteiger charge is 2.38. The number of hydrogen-bond donors (Lipinski definition) is 0. The summed E-state index contributed by atoms with van der Waals surface area (Å²) in [4.78, 5) is 16.7. The number of carbonyl (C=O) groups excluding carboxylic acids is 1. The SMILES string of the molecule is CC1CN(C(=O)C2CC2)CC(C)N1c1ccccc1. The lowest BCUT2D eigenvalue weighted by Gasteiger charge is -2.46. The number of benzene rings is 1. The molecule has 2 aliphatic rings. The Hall–Kier alpha value is -1.51. The average molecular weight is 258 g/mol.